The molecular formula is C25H29N3O2. The number of carbonyl (C=O) groups is 2. The van der Waals surface area contributed by atoms with Crippen LogP contribution in [0.5, 0.6) is 0 Å². The van der Waals surface area contributed by atoms with Gasteiger partial charge in [-0.25, -0.2) is 4.98 Å². The molecule has 3 aromatic rings. The minimum Gasteiger partial charge on any atom is -0.356 e. The van der Waals surface area contributed by atoms with E-state index in [0.29, 0.717) is 23.9 Å². The Labute approximate surface area is 177 Å². The smallest absolute Gasteiger partial charge is 0.220 e. The Morgan fingerprint density at radius 2 is 1.67 bits per heavy atom. The van der Waals surface area contributed by atoms with E-state index in [9.17, 15) is 9.59 Å². The van der Waals surface area contributed by atoms with Crippen LogP contribution in [0.2, 0.25) is 0 Å². The van der Waals surface area contributed by atoms with E-state index in [2.05, 4.69) is 35.1 Å². The van der Waals surface area contributed by atoms with Crippen LogP contribution in [-0.2, 0) is 11.8 Å². The summed E-state index contributed by atoms with van der Waals surface area (Å²) in [6, 6.07) is 17.4. The van der Waals surface area contributed by atoms with Crippen LogP contribution in [0.25, 0.3) is 11.0 Å². The number of hydrogen-bond acceptors (Lipinski definition) is 3. The van der Waals surface area contributed by atoms with E-state index in [0.717, 1.165) is 31.2 Å². The number of aryl methyl sites for hydroxylation is 1. The summed E-state index contributed by atoms with van der Waals surface area (Å²) >= 11 is 0. The van der Waals surface area contributed by atoms with E-state index in [-0.39, 0.29) is 24.5 Å². The van der Waals surface area contributed by atoms with Crippen LogP contribution in [-0.4, -0.2) is 27.8 Å². The molecule has 2 aromatic carbocycles. The lowest BCUT2D eigenvalue weighted by Gasteiger charge is -2.28. The van der Waals surface area contributed by atoms with Crippen LogP contribution in [0.4, 0.5) is 0 Å². The normalized spacial score (nSPS) is 19.0. The van der Waals surface area contributed by atoms with Gasteiger partial charge in [-0.05, 0) is 43.7 Å². The number of aromatic nitrogens is 2. The summed E-state index contributed by atoms with van der Waals surface area (Å²) in [7, 11) is 2.10. The van der Waals surface area contributed by atoms with Crippen molar-refractivity contribution in [2.75, 3.05) is 6.54 Å². The number of hydrogen-bond donors (Lipinski definition) is 1. The van der Waals surface area contributed by atoms with E-state index < -0.39 is 0 Å². The quantitative estimate of drug-likeness (QED) is 0.585. The Bertz CT molecular complexity index is 1020. The molecule has 1 amide bonds. The first-order valence-corrected chi connectivity index (χ1v) is 10.9. The highest BCUT2D eigenvalue weighted by Crippen LogP contribution is 2.36. The molecule has 0 spiro atoms. The summed E-state index contributed by atoms with van der Waals surface area (Å²) in [6.45, 7) is 0.702. The molecule has 156 valence electrons. The van der Waals surface area contributed by atoms with Crippen molar-refractivity contribution >= 4 is 22.7 Å². The van der Waals surface area contributed by atoms with Crippen molar-refractivity contribution in [3.05, 3.63) is 66.0 Å². The zero-order valence-corrected chi connectivity index (χ0v) is 17.5. The van der Waals surface area contributed by atoms with Gasteiger partial charge < -0.3 is 9.88 Å². The summed E-state index contributed by atoms with van der Waals surface area (Å²) in [5, 5.41) is 3.03. The Hall–Kier alpha value is -2.95. The van der Waals surface area contributed by atoms with Gasteiger partial charge in [-0.1, -0.05) is 42.5 Å². The third-order valence-corrected chi connectivity index (χ3v) is 6.30. The van der Waals surface area contributed by atoms with Gasteiger partial charge in [0.1, 0.15) is 5.82 Å². The van der Waals surface area contributed by atoms with Crippen LogP contribution in [0.1, 0.15) is 60.6 Å². The number of fused-ring (bicyclic) bond motifs is 1. The van der Waals surface area contributed by atoms with Crippen LogP contribution in [0.3, 0.4) is 0 Å². The lowest BCUT2D eigenvalue weighted by Crippen LogP contribution is -2.31. The van der Waals surface area contributed by atoms with Gasteiger partial charge >= 0.3 is 0 Å². The van der Waals surface area contributed by atoms with Crippen molar-refractivity contribution in [3.8, 4) is 0 Å². The molecule has 1 aliphatic rings. The zero-order valence-electron chi connectivity index (χ0n) is 17.5. The van der Waals surface area contributed by atoms with Crippen molar-refractivity contribution < 1.29 is 9.59 Å². The van der Waals surface area contributed by atoms with Gasteiger partial charge in [0.05, 0.1) is 11.0 Å². The molecule has 1 N–H and O–H groups in total. The monoisotopic (exact) mass is 403 g/mol. The van der Waals surface area contributed by atoms with Gasteiger partial charge in [-0.15, -0.1) is 0 Å². The summed E-state index contributed by atoms with van der Waals surface area (Å²) in [5.41, 5.74) is 2.92. The summed E-state index contributed by atoms with van der Waals surface area (Å²) in [6.07, 6.45) is 4.90. The van der Waals surface area contributed by atoms with Crippen molar-refractivity contribution in [3.63, 3.8) is 0 Å². The molecule has 0 bridgehead atoms. The molecule has 0 saturated heterocycles. The van der Waals surface area contributed by atoms with Crippen molar-refractivity contribution in [1.82, 2.24) is 14.9 Å². The lowest BCUT2D eigenvalue weighted by molar-refractivity contribution is -0.121. The molecule has 5 heteroatoms. The molecule has 4 rings (SSSR count). The minimum atomic E-state index is -0.0308. The highest BCUT2D eigenvalue weighted by molar-refractivity contribution is 5.97. The second-order valence-electron chi connectivity index (χ2n) is 8.33. The van der Waals surface area contributed by atoms with Crippen LogP contribution in [0, 0.1) is 5.92 Å². The largest absolute Gasteiger partial charge is 0.356 e. The maximum absolute atomic E-state index is 12.2. The highest BCUT2D eigenvalue weighted by atomic mass is 16.2. The van der Waals surface area contributed by atoms with Gasteiger partial charge in [-0.3, -0.25) is 9.59 Å². The first-order valence-electron chi connectivity index (χ1n) is 10.9. The van der Waals surface area contributed by atoms with E-state index in [4.69, 9.17) is 4.98 Å². The molecule has 0 radical (unpaired) electrons. The molecule has 1 aliphatic carbocycles. The Morgan fingerprint density at radius 1 is 0.967 bits per heavy atom. The number of carbonyl (C=O) groups excluding carboxylic acids is 2. The molecule has 0 aliphatic heterocycles. The molecule has 1 fully saturated rings. The van der Waals surface area contributed by atoms with Gasteiger partial charge in [0.25, 0.3) is 0 Å². The molecule has 0 atom stereocenters. The second-order valence-corrected chi connectivity index (χ2v) is 8.33. The predicted molar refractivity (Wildman–Crippen MR) is 118 cm³/mol. The van der Waals surface area contributed by atoms with Crippen LogP contribution < -0.4 is 5.32 Å². The fourth-order valence-electron chi connectivity index (χ4n) is 4.50. The third kappa shape index (κ3) is 4.61. The SMILES string of the molecule is Cn1c(C2CCC(CNC(=O)CCC(=O)c3ccccc3)CC2)nc2ccccc21. The molecule has 30 heavy (non-hydrogen) atoms. The van der Waals surface area contributed by atoms with Gasteiger partial charge in [0.2, 0.25) is 5.91 Å². The molecule has 5 nitrogen and oxygen atoms in total. The minimum absolute atomic E-state index is 0.0220. The van der Waals surface area contributed by atoms with E-state index >= 15 is 0 Å². The van der Waals surface area contributed by atoms with E-state index in [1.165, 1.54) is 11.3 Å². The fourth-order valence-corrected chi connectivity index (χ4v) is 4.50. The zero-order chi connectivity index (χ0) is 20.9. The second kappa shape index (κ2) is 9.24. The molecular weight excluding hydrogens is 374 g/mol. The number of para-hydroxylation sites is 2. The Morgan fingerprint density at radius 3 is 2.40 bits per heavy atom. The maximum atomic E-state index is 12.2. The number of nitrogens with one attached hydrogen (secondary N) is 1. The first-order chi connectivity index (χ1) is 14.6. The Balaban J connectivity index is 1.21. The number of nitrogens with zero attached hydrogens (tertiary/aromatic N) is 2. The van der Waals surface area contributed by atoms with Crippen molar-refractivity contribution in [2.24, 2.45) is 13.0 Å². The predicted octanol–water partition coefficient (Wildman–Crippen LogP) is 4.63. The number of amides is 1. The number of ketones is 1. The van der Waals surface area contributed by atoms with Crippen LogP contribution in [0.15, 0.2) is 54.6 Å². The fraction of sp³-hybridized carbons (Fsp3) is 0.400. The molecule has 1 aromatic heterocycles. The van der Waals surface area contributed by atoms with E-state index in [1.54, 1.807) is 12.1 Å². The summed E-state index contributed by atoms with van der Waals surface area (Å²) < 4.78 is 2.23. The Kier molecular flexibility index (Phi) is 6.26. The summed E-state index contributed by atoms with van der Waals surface area (Å²) in [5.74, 6) is 2.16. The molecule has 0 unspecified atom stereocenters. The number of Topliss-reactive ketones (excluding diaryl/α,β-unsaturated/α-hetero) is 1. The van der Waals surface area contributed by atoms with Crippen LogP contribution >= 0.6 is 0 Å². The molecule has 1 saturated carbocycles. The first kappa shape index (κ1) is 20.3. The van der Waals surface area contributed by atoms with Gasteiger partial charge in [0, 0.05) is 37.9 Å². The maximum Gasteiger partial charge on any atom is 0.220 e. The molecule has 1 heterocycles. The van der Waals surface area contributed by atoms with Gasteiger partial charge in [-0.2, -0.15) is 0 Å². The van der Waals surface area contributed by atoms with E-state index in [1.807, 2.05) is 24.3 Å². The topological polar surface area (TPSA) is 64.0 Å². The standard InChI is InChI=1S/C25H29N3O2/c1-28-22-10-6-5-9-21(22)27-25(28)20-13-11-18(12-14-20)17-26-24(30)16-15-23(29)19-7-3-2-4-8-19/h2-10,18,20H,11-17H2,1H3,(H,26,30). The number of benzene rings is 2. The van der Waals surface area contributed by atoms with Gasteiger partial charge in [0.15, 0.2) is 5.78 Å². The van der Waals surface area contributed by atoms with Crippen molar-refractivity contribution in [2.45, 2.75) is 44.4 Å². The summed E-state index contributed by atoms with van der Waals surface area (Å²) in [4.78, 5) is 29.2. The lowest BCUT2D eigenvalue weighted by atomic mass is 9.81. The third-order valence-electron chi connectivity index (χ3n) is 6.30. The van der Waals surface area contributed by atoms with Crippen molar-refractivity contribution in [1.29, 1.82) is 0 Å². The average molecular weight is 404 g/mol. The number of rotatable bonds is 7. The highest BCUT2D eigenvalue weighted by Gasteiger charge is 2.26. The average Bonchev–Trinajstić information content (AvgIpc) is 3.13. The number of imidazole rings is 1.